The summed E-state index contributed by atoms with van der Waals surface area (Å²) in [7, 11) is 0. The molecule has 0 saturated heterocycles. The topological polar surface area (TPSA) is 94.3 Å². The maximum Gasteiger partial charge on any atom is 0.262 e. The minimum Gasteiger partial charge on any atom is -0.484 e. The molecule has 6 nitrogen and oxygen atoms in total. The van der Waals surface area contributed by atoms with E-state index in [-0.39, 0.29) is 18.3 Å². The van der Waals surface area contributed by atoms with Crippen LogP contribution in [-0.4, -0.2) is 29.2 Å². The molecule has 1 heterocycles. The Bertz CT molecular complexity index is 1230. The van der Waals surface area contributed by atoms with Gasteiger partial charge in [0.1, 0.15) is 16.4 Å². The number of nitrogens with two attached hydrogens (primary N) is 1. The number of nitrogens with one attached hydrogen (secondary N) is 1. The number of hydrogen-bond donors (Lipinski definition) is 2. The van der Waals surface area contributed by atoms with Gasteiger partial charge in [-0.1, -0.05) is 83.8 Å². The minimum absolute atomic E-state index is 0.125. The molecule has 3 aromatic carbocycles. The molecule has 8 heteroatoms. The van der Waals surface area contributed by atoms with E-state index in [0.29, 0.717) is 20.8 Å². The number of rotatable bonds is 8. The van der Waals surface area contributed by atoms with Gasteiger partial charge in [-0.05, 0) is 22.9 Å². The molecule has 0 radical (unpaired) electrons. The second-order valence-electron chi connectivity index (χ2n) is 6.62. The van der Waals surface area contributed by atoms with Gasteiger partial charge < -0.3 is 15.8 Å². The average Bonchev–Trinajstić information content (AvgIpc) is 3.19. The van der Waals surface area contributed by atoms with Crippen molar-refractivity contribution in [1.29, 1.82) is 0 Å². The van der Waals surface area contributed by atoms with Crippen molar-refractivity contribution in [1.82, 2.24) is 4.98 Å². The van der Waals surface area contributed by atoms with Crippen LogP contribution in [0.2, 0.25) is 0 Å². The van der Waals surface area contributed by atoms with Crippen molar-refractivity contribution in [2.45, 2.75) is 4.34 Å². The lowest BCUT2D eigenvalue weighted by Gasteiger charge is -2.08. The van der Waals surface area contributed by atoms with Gasteiger partial charge in [0, 0.05) is 5.56 Å². The van der Waals surface area contributed by atoms with E-state index in [1.54, 1.807) is 0 Å². The molecule has 0 atom stereocenters. The largest absolute Gasteiger partial charge is 0.484 e. The van der Waals surface area contributed by atoms with Crippen LogP contribution in [0.4, 0.5) is 5.00 Å². The van der Waals surface area contributed by atoms with Crippen molar-refractivity contribution in [2.75, 3.05) is 17.7 Å². The average molecular weight is 450 g/mol. The molecular formula is C23H19N3O3S2. The number of carbonyl (C=O) groups is 2. The molecule has 2 amide bonds. The highest BCUT2D eigenvalue weighted by atomic mass is 32.2. The SMILES string of the molecule is NC(=O)CSc1nc(-c2ccccc2)c(NC(=O)COc2ccc3ccccc3c2)s1. The molecule has 0 saturated carbocycles. The standard InChI is InChI=1S/C23H19N3O3S2/c24-19(27)14-30-23-26-21(16-7-2-1-3-8-16)22(31-23)25-20(28)13-29-18-11-10-15-6-4-5-9-17(15)12-18/h1-12H,13-14H2,(H2,24,27)(H,25,28). The number of fused-ring (bicyclic) bond motifs is 1. The monoisotopic (exact) mass is 449 g/mol. The number of primary amides is 1. The quantitative estimate of drug-likeness (QED) is 0.385. The molecule has 0 bridgehead atoms. The zero-order chi connectivity index (χ0) is 21.6. The summed E-state index contributed by atoms with van der Waals surface area (Å²) in [5.41, 5.74) is 6.76. The zero-order valence-electron chi connectivity index (χ0n) is 16.4. The molecule has 4 rings (SSSR count). The van der Waals surface area contributed by atoms with E-state index < -0.39 is 5.91 Å². The summed E-state index contributed by atoms with van der Waals surface area (Å²) in [6, 6.07) is 23.2. The van der Waals surface area contributed by atoms with Gasteiger partial charge in [0.05, 0.1) is 5.75 Å². The first-order valence-electron chi connectivity index (χ1n) is 9.47. The number of amides is 2. The predicted octanol–water partition coefficient (Wildman–Crippen LogP) is 4.56. The normalized spacial score (nSPS) is 10.7. The number of benzene rings is 3. The van der Waals surface area contributed by atoms with Gasteiger partial charge in [-0.15, -0.1) is 0 Å². The molecule has 0 aliphatic carbocycles. The maximum atomic E-state index is 12.6. The second-order valence-corrected chi connectivity index (χ2v) is 8.85. The highest BCUT2D eigenvalue weighted by molar-refractivity contribution is 8.01. The summed E-state index contributed by atoms with van der Waals surface area (Å²) < 4.78 is 6.34. The van der Waals surface area contributed by atoms with Crippen molar-refractivity contribution in [3.63, 3.8) is 0 Å². The van der Waals surface area contributed by atoms with Gasteiger partial charge in [0.2, 0.25) is 5.91 Å². The molecule has 0 aliphatic rings. The number of carbonyl (C=O) groups excluding carboxylic acids is 2. The molecule has 3 N–H and O–H groups in total. The predicted molar refractivity (Wildman–Crippen MR) is 126 cm³/mol. The Labute approximate surface area is 187 Å². The van der Waals surface area contributed by atoms with Crippen LogP contribution in [0.15, 0.2) is 77.1 Å². The van der Waals surface area contributed by atoms with Gasteiger partial charge in [0.25, 0.3) is 5.91 Å². The zero-order valence-corrected chi connectivity index (χ0v) is 18.0. The lowest BCUT2D eigenvalue weighted by atomic mass is 10.1. The molecule has 0 spiro atoms. The van der Waals surface area contributed by atoms with Crippen molar-refractivity contribution >= 4 is 50.7 Å². The molecule has 1 aromatic heterocycles. The van der Waals surface area contributed by atoms with Crippen LogP contribution in [-0.2, 0) is 9.59 Å². The number of thioether (sulfide) groups is 1. The number of thiazole rings is 1. The number of aromatic nitrogens is 1. The Morgan fingerprint density at radius 2 is 1.74 bits per heavy atom. The van der Waals surface area contributed by atoms with Gasteiger partial charge >= 0.3 is 0 Å². The van der Waals surface area contributed by atoms with Crippen LogP contribution in [0, 0.1) is 0 Å². The number of nitrogens with zero attached hydrogens (tertiary/aromatic N) is 1. The molecule has 4 aromatic rings. The summed E-state index contributed by atoms with van der Waals surface area (Å²) in [4.78, 5) is 28.3. The van der Waals surface area contributed by atoms with Crippen molar-refractivity contribution in [3.05, 3.63) is 72.8 Å². The van der Waals surface area contributed by atoms with Crippen LogP contribution < -0.4 is 15.8 Å². The summed E-state index contributed by atoms with van der Waals surface area (Å²) in [5, 5.41) is 5.64. The summed E-state index contributed by atoms with van der Waals surface area (Å²) in [6.45, 7) is -0.131. The fraction of sp³-hybridized carbons (Fsp3) is 0.0870. The van der Waals surface area contributed by atoms with E-state index in [1.165, 1.54) is 23.1 Å². The Kier molecular flexibility index (Phi) is 6.49. The molecular weight excluding hydrogens is 430 g/mol. The second kappa shape index (κ2) is 9.63. The van der Waals surface area contributed by atoms with E-state index in [4.69, 9.17) is 10.5 Å². The van der Waals surface area contributed by atoms with E-state index in [2.05, 4.69) is 10.3 Å². The maximum absolute atomic E-state index is 12.6. The lowest BCUT2D eigenvalue weighted by molar-refractivity contribution is -0.118. The van der Waals surface area contributed by atoms with Crippen LogP contribution >= 0.6 is 23.1 Å². The van der Waals surface area contributed by atoms with Crippen LogP contribution in [0.25, 0.3) is 22.0 Å². The Hall–Kier alpha value is -3.36. The van der Waals surface area contributed by atoms with Gasteiger partial charge in [-0.2, -0.15) is 0 Å². The van der Waals surface area contributed by atoms with Crippen molar-refractivity contribution in [2.24, 2.45) is 5.73 Å². The first-order chi connectivity index (χ1) is 15.1. The fourth-order valence-corrected chi connectivity index (χ4v) is 4.76. The van der Waals surface area contributed by atoms with Gasteiger partial charge in [0.15, 0.2) is 10.9 Å². The van der Waals surface area contributed by atoms with E-state index in [1.807, 2.05) is 72.8 Å². The third kappa shape index (κ3) is 5.42. The molecule has 31 heavy (non-hydrogen) atoms. The van der Waals surface area contributed by atoms with Crippen LogP contribution in [0.5, 0.6) is 5.75 Å². The van der Waals surface area contributed by atoms with E-state index in [9.17, 15) is 9.59 Å². The summed E-state index contributed by atoms with van der Waals surface area (Å²) in [6.07, 6.45) is 0. The van der Waals surface area contributed by atoms with Crippen molar-refractivity contribution in [3.8, 4) is 17.0 Å². The van der Waals surface area contributed by atoms with Gasteiger partial charge in [-0.25, -0.2) is 4.98 Å². The molecule has 156 valence electrons. The Balaban J connectivity index is 1.47. The highest BCUT2D eigenvalue weighted by Crippen LogP contribution is 2.37. The number of ether oxygens (including phenoxy) is 1. The first-order valence-corrected chi connectivity index (χ1v) is 11.3. The molecule has 0 fully saturated rings. The molecule has 0 aliphatic heterocycles. The smallest absolute Gasteiger partial charge is 0.262 e. The van der Waals surface area contributed by atoms with Crippen molar-refractivity contribution < 1.29 is 14.3 Å². The minimum atomic E-state index is -0.421. The Morgan fingerprint density at radius 1 is 1.00 bits per heavy atom. The van der Waals surface area contributed by atoms with E-state index in [0.717, 1.165) is 16.3 Å². The fourth-order valence-electron chi connectivity index (χ4n) is 2.94. The first kappa shape index (κ1) is 20.9. The van der Waals surface area contributed by atoms with Gasteiger partial charge in [-0.3, -0.25) is 9.59 Å². The highest BCUT2D eigenvalue weighted by Gasteiger charge is 2.17. The van der Waals surface area contributed by atoms with E-state index >= 15 is 0 Å². The Morgan fingerprint density at radius 3 is 2.52 bits per heavy atom. The summed E-state index contributed by atoms with van der Waals surface area (Å²) in [5.74, 6) is 0.0376. The summed E-state index contributed by atoms with van der Waals surface area (Å²) >= 11 is 2.55. The number of hydrogen-bond acceptors (Lipinski definition) is 6. The third-order valence-electron chi connectivity index (χ3n) is 4.34. The lowest BCUT2D eigenvalue weighted by Crippen LogP contribution is -2.19. The van der Waals surface area contributed by atoms with Crippen LogP contribution in [0.1, 0.15) is 0 Å². The third-order valence-corrected chi connectivity index (χ3v) is 6.47. The van der Waals surface area contributed by atoms with Crippen LogP contribution in [0.3, 0.4) is 0 Å². The molecule has 0 unspecified atom stereocenters. The number of anilines is 1.